The van der Waals surface area contributed by atoms with Crippen LogP contribution in [-0.4, -0.2) is 17.3 Å². The second-order valence-electron chi connectivity index (χ2n) is 8.79. The van der Waals surface area contributed by atoms with Crippen molar-refractivity contribution in [2.75, 3.05) is 0 Å². The highest BCUT2D eigenvalue weighted by Gasteiger charge is 2.63. The molecule has 0 aromatic heterocycles. The van der Waals surface area contributed by atoms with Crippen LogP contribution in [0.15, 0.2) is 0 Å². The minimum absolute atomic E-state index is 0.0199. The molecule has 0 spiro atoms. The Hall–Kier alpha value is -0.990. The van der Waals surface area contributed by atoms with E-state index in [-0.39, 0.29) is 34.5 Å². The van der Waals surface area contributed by atoms with Gasteiger partial charge in [0, 0.05) is 37.0 Å². The highest BCUT2D eigenvalue weighted by Crippen LogP contribution is 2.63. The number of fused-ring (bicyclic) bond motifs is 5. The molecule has 6 atom stereocenters. The lowest BCUT2D eigenvalue weighted by atomic mass is 9.45. The average molecular weight is 302 g/mol. The third kappa shape index (κ3) is 1.71. The van der Waals surface area contributed by atoms with Gasteiger partial charge >= 0.3 is 0 Å². The molecular formula is C19H26O3. The second-order valence-corrected chi connectivity index (χ2v) is 8.79. The first-order valence-electron chi connectivity index (χ1n) is 8.94. The van der Waals surface area contributed by atoms with Crippen molar-refractivity contribution in [3.8, 4) is 0 Å². The van der Waals surface area contributed by atoms with Gasteiger partial charge in [-0.05, 0) is 42.4 Å². The van der Waals surface area contributed by atoms with Gasteiger partial charge in [0.05, 0.1) is 0 Å². The molecule has 4 aliphatic carbocycles. The van der Waals surface area contributed by atoms with E-state index in [1.165, 1.54) is 0 Å². The zero-order chi connectivity index (χ0) is 15.7. The summed E-state index contributed by atoms with van der Waals surface area (Å²) in [5.74, 6) is 1.77. The third-order valence-electron chi connectivity index (χ3n) is 7.95. The van der Waals surface area contributed by atoms with Crippen molar-refractivity contribution in [1.82, 2.24) is 0 Å². The molecule has 0 bridgehead atoms. The summed E-state index contributed by atoms with van der Waals surface area (Å²) in [6, 6.07) is 0. The maximum Gasteiger partial charge on any atom is 0.139 e. The number of Topliss-reactive ketones (excluding diaryl/α,β-unsaturated/α-hetero) is 3. The zero-order valence-corrected chi connectivity index (χ0v) is 13.7. The monoisotopic (exact) mass is 302 g/mol. The maximum absolute atomic E-state index is 12.9. The van der Waals surface area contributed by atoms with E-state index in [2.05, 4.69) is 13.8 Å². The molecule has 0 radical (unpaired) electrons. The standard InChI is InChI=1S/C19H26O3/c1-18-7-5-12(20)8-11(18)9-15(21)17-13-4-3-6-19(13,2)16(22)10-14(17)18/h11,13-14,17H,3-10H2,1-2H3/t11-,13-,14-,17-,18-,19+/m0/s1. The van der Waals surface area contributed by atoms with Crippen LogP contribution < -0.4 is 0 Å². The molecule has 3 heteroatoms. The van der Waals surface area contributed by atoms with Gasteiger partial charge in [0.25, 0.3) is 0 Å². The number of carbonyl (C=O) groups is 3. The van der Waals surface area contributed by atoms with Gasteiger partial charge in [0.15, 0.2) is 0 Å². The van der Waals surface area contributed by atoms with E-state index in [4.69, 9.17) is 0 Å². The minimum Gasteiger partial charge on any atom is -0.300 e. The number of hydrogen-bond acceptors (Lipinski definition) is 3. The molecule has 0 aliphatic heterocycles. The van der Waals surface area contributed by atoms with Crippen LogP contribution in [0, 0.1) is 34.5 Å². The van der Waals surface area contributed by atoms with E-state index >= 15 is 0 Å². The largest absolute Gasteiger partial charge is 0.300 e. The summed E-state index contributed by atoms with van der Waals surface area (Å²) in [6.07, 6.45) is 6.31. The van der Waals surface area contributed by atoms with Gasteiger partial charge in [0.1, 0.15) is 17.3 Å². The summed E-state index contributed by atoms with van der Waals surface area (Å²) in [7, 11) is 0. The molecule has 120 valence electrons. The molecular weight excluding hydrogens is 276 g/mol. The van der Waals surface area contributed by atoms with Crippen LogP contribution in [0.2, 0.25) is 0 Å². The highest BCUT2D eigenvalue weighted by molar-refractivity contribution is 5.92. The van der Waals surface area contributed by atoms with E-state index in [1.54, 1.807) is 0 Å². The molecule has 0 aromatic rings. The van der Waals surface area contributed by atoms with Crippen molar-refractivity contribution in [3.05, 3.63) is 0 Å². The van der Waals surface area contributed by atoms with Crippen LogP contribution in [0.5, 0.6) is 0 Å². The topological polar surface area (TPSA) is 51.2 Å². The van der Waals surface area contributed by atoms with E-state index in [0.29, 0.717) is 43.0 Å². The van der Waals surface area contributed by atoms with Crippen molar-refractivity contribution in [1.29, 1.82) is 0 Å². The Labute approximate surface area is 132 Å². The summed E-state index contributed by atoms with van der Waals surface area (Å²) in [4.78, 5) is 37.6. The van der Waals surface area contributed by atoms with Crippen LogP contribution in [0.1, 0.15) is 65.2 Å². The van der Waals surface area contributed by atoms with Crippen LogP contribution >= 0.6 is 0 Å². The molecule has 0 N–H and O–H groups in total. The lowest BCUT2D eigenvalue weighted by Gasteiger charge is -2.58. The van der Waals surface area contributed by atoms with E-state index in [0.717, 1.165) is 25.7 Å². The SMILES string of the molecule is C[C@]12CCC(=O)C[C@H]1CC(=O)[C@@H]1[C@@H]2CC(=O)[C@]2(C)CCC[C@@H]12. The van der Waals surface area contributed by atoms with Gasteiger partial charge in [-0.2, -0.15) is 0 Å². The van der Waals surface area contributed by atoms with Crippen LogP contribution in [0.25, 0.3) is 0 Å². The van der Waals surface area contributed by atoms with Crippen molar-refractivity contribution in [3.63, 3.8) is 0 Å². The molecule has 4 saturated carbocycles. The highest BCUT2D eigenvalue weighted by atomic mass is 16.1. The normalized spacial score (nSPS) is 51.3. The fourth-order valence-electron chi connectivity index (χ4n) is 6.44. The van der Waals surface area contributed by atoms with Gasteiger partial charge in [0.2, 0.25) is 0 Å². The minimum atomic E-state index is -0.246. The second kappa shape index (κ2) is 4.52. The molecule has 0 unspecified atom stereocenters. The Morgan fingerprint density at radius 1 is 0.955 bits per heavy atom. The van der Waals surface area contributed by atoms with E-state index in [1.807, 2.05) is 0 Å². The first-order chi connectivity index (χ1) is 10.4. The summed E-state index contributed by atoms with van der Waals surface area (Å²) < 4.78 is 0. The first kappa shape index (κ1) is 14.6. The molecule has 4 fully saturated rings. The summed E-state index contributed by atoms with van der Waals surface area (Å²) >= 11 is 0. The predicted molar refractivity (Wildman–Crippen MR) is 82.1 cm³/mol. The smallest absolute Gasteiger partial charge is 0.139 e. The molecule has 0 heterocycles. The molecule has 3 nitrogen and oxygen atoms in total. The van der Waals surface area contributed by atoms with Crippen LogP contribution in [-0.2, 0) is 14.4 Å². The van der Waals surface area contributed by atoms with Gasteiger partial charge in [-0.15, -0.1) is 0 Å². The Morgan fingerprint density at radius 2 is 1.73 bits per heavy atom. The fourth-order valence-corrected chi connectivity index (χ4v) is 6.44. The maximum atomic E-state index is 12.9. The molecule has 4 rings (SSSR count). The van der Waals surface area contributed by atoms with Gasteiger partial charge in [-0.25, -0.2) is 0 Å². The van der Waals surface area contributed by atoms with E-state index < -0.39 is 0 Å². The molecule has 4 aliphatic rings. The Balaban J connectivity index is 1.75. The lowest BCUT2D eigenvalue weighted by Crippen LogP contribution is -2.58. The lowest BCUT2D eigenvalue weighted by molar-refractivity contribution is -0.163. The van der Waals surface area contributed by atoms with Gasteiger partial charge < -0.3 is 0 Å². The van der Waals surface area contributed by atoms with Gasteiger partial charge in [-0.1, -0.05) is 20.3 Å². The fraction of sp³-hybridized carbons (Fsp3) is 0.842. The number of hydrogen-bond donors (Lipinski definition) is 0. The van der Waals surface area contributed by atoms with Crippen molar-refractivity contribution < 1.29 is 14.4 Å². The van der Waals surface area contributed by atoms with E-state index in [9.17, 15) is 14.4 Å². The number of rotatable bonds is 0. The summed E-state index contributed by atoms with van der Waals surface area (Å²) in [6.45, 7) is 4.37. The molecule has 0 saturated heterocycles. The number of carbonyl (C=O) groups excluding carboxylic acids is 3. The molecule has 22 heavy (non-hydrogen) atoms. The predicted octanol–water partition coefficient (Wildman–Crippen LogP) is 3.35. The average Bonchev–Trinajstić information content (AvgIpc) is 2.85. The van der Waals surface area contributed by atoms with Crippen molar-refractivity contribution in [2.24, 2.45) is 34.5 Å². The molecule has 0 aromatic carbocycles. The molecule has 0 amide bonds. The van der Waals surface area contributed by atoms with Crippen LogP contribution in [0.3, 0.4) is 0 Å². The summed E-state index contributed by atoms with van der Waals surface area (Å²) in [5.41, 5.74) is -0.226. The van der Waals surface area contributed by atoms with Crippen molar-refractivity contribution in [2.45, 2.75) is 65.2 Å². The first-order valence-corrected chi connectivity index (χ1v) is 8.94. The Bertz CT molecular complexity index is 565. The zero-order valence-electron chi connectivity index (χ0n) is 13.7. The quantitative estimate of drug-likeness (QED) is 0.689. The van der Waals surface area contributed by atoms with Gasteiger partial charge in [-0.3, -0.25) is 14.4 Å². The summed E-state index contributed by atoms with van der Waals surface area (Å²) in [5, 5.41) is 0. The Kier molecular flexibility index (Phi) is 3.00. The third-order valence-corrected chi connectivity index (χ3v) is 7.95. The van der Waals surface area contributed by atoms with Crippen LogP contribution in [0.4, 0.5) is 0 Å². The Morgan fingerprint density at radius 3 is 2.50 bits per heavy atom. The number of ketones is 3. The van der Waals surface area contributed by atoms with Crippen molar-refractivity contribution >= 4 is 17.3 Å².